The van der Waals surface area contributed by atoms with Crippen LogP contribution in [0.25, 0.3) is 0 Å². The van der Waals surface area contributed by atoms with Crippen LogP contribution in [-0.2, 0) is 14.4 Å². The summed E-state index contributed by atoms with van der Waals surface area (Å²) in [5.41, 5.74) is 0. The molecule has 1 heterocycles. The summed E-state index contributed by atoms with van der Waals surface area (Å²) in [6.07, 6.45) is 13.4. The van der Waals surface area contributed by atoms with Gasteiger partial charge in [-0.25, -0.2) is 4.79 Å². The first-order chi connectivity index (χ1) is 13.5. The van der Waals surface area contributed by atoms with Crippen LogP contribution < -0.4 is 0 Å². The van der Waals surface area contributed by atoms with Crippen molar-refractivity contribution in [1.29, 1.82) is 0 Å². The average molecular weight is 392 g/mol. The molecule has 0 aromatic carbocycles. The Morgan fingerprint density at radius 2 is 1.50 bits per heavy atom. The van der Waals surface area contributed by atoms with E-state index in [1.54, 1.807) is 0 Å². The Morgan fingerprint density at radius 1 is 0.893 bits per heavy atom. The quantitative estimate of drug-likeness (QED) is 0.680. The van der Waals surface area contributed by atoms with Gasteiger partial charge in [0.25, 0.3) is 5.91 Å². The van der Waals surface area contributed by atoms with Gasteiger partial charge in [-0.15, -0.1) is 0 Å². The summed E-state index contributed by atoms with van der Waals surface area (Å²) < 4.78 is 0. The third-order valence-electron chi connectivity index (χ3n) is 7.66. The van der Waals surface area contributed by atoms with Gasteiger partial charge in [-0.2, -0.15) is 0 Å². The molecule has 1 aliphatic heterocycles. The van der Waals surface area contributed by atoms with Gasteiger partial charge in [0.2, 0.25) is 5.78 Å². The van der Waals surface area contributed by atoms with Gasteiger partial charge >= 0.3 is 5.97 Å². The molecule has 1 amide bonds. The second-order valence-corrected chi connectivity index (χ2v) is 9.26. The number of likely N-dealkylation sites (tertiary alicyclic amines) is 1. The van der Waals surface area contributed by atoms with Crippen LogP contribution in [0.3, 0.4) is 0 Å². The molecule has 1 saturated heterocycles. The lowest BCUT2D eigenvalue weighted by atomic mass is 9.68. The third-order valence-corrected chi connectivity index (χ3v) is 7.66. The zero-order chi connectivity index (χ0) is 20.1. The number of piperidine rings is 1. The minimum Gasteiger partial charge on any atom is -0.480 e. The van der Waals surface area contributed by atoms with E-state index in [2.05, 4.69) is 6.92 Å². The fourth-order valence-corrected chi connectivity index (χ4v) is 6.25. The monoisotopic (exact) mass is 391 g/mol. The maximum absolute atomic E-state index is 13.1. The van der Waals surface area contributed by atoms with Crippen LogP contribution in [0.2, 0.25) is 0 Å². The lowest BCUT2D eigenvalue weighted by molar-refractivity contribution is -0.161. The molecule has 3 atom stereocenters. The number of ketones is 1. The van der Waals surface area contributed by atoms with Gasteiger partial charge in [-0.1, -0.05) is 64.7 Å². The van der Waals surface area contributed by atoms with Crippen molar-refractivity contribution in [1.82, 2.24) is 4.90 Å². The molecule has 0 radical (unpaired) electrons. The zero-order valence-corrected chi connectivity index (χ0v) is 17.4. The summed E-state index contributed by atoms with van der Waals surface area (Å²) in [4.78, 5) is 39.6. The molecular weight excluding hydrogens is 354 g/mol. The van der Waals surface area contributed by atoms with E-state index in [4.69, 9.17) is 0 Å². The molecule has 1 N–H and O–H groups in total. The van der Waals surface area contributed by atoms with E-state index in [9.17, 15) is 19.5 Å². The van der Waals surface area contributed by atoms with Crippen LogP contribution in [0.5, 0.6) is 0 Å². The highest BCUT2D eigenvalue weighted by molar-refractivity contribution is 6.37. The molecule has 0 aromatic rings. The molecule has 3 unspecified atom stereocenters. The summed E-state index contributed by atoms with van der Waals surface area (Å²) in [7, 11) is 0. The number of nitrogens with zero attached hydrogens (tertiary/aromatic N) is 1. The molecule has 5 heteroatoms. The molecule has 3 rings (SSSR count). The van der Waals surface area contributed by atoms with Crippen molar-refractivity contribution < 1.29 is 19.5 Å². The molecule has 3 aliphatic rings. The Labute approximate surface area is 169 Å². The molecular formula is C23H37NO4. The maximum atomic E-state index is 13.1. The standard InChI is InChI=1S/C23H37NO4/c1-2-18(16-10-5-3-6-11-16)19-14-9-15-24(20(19)23(27)28)22(26)21(25)17-12-7-4-8-13-17/h16-20H,2-15H2,1H3,(H,27,28). The molecule has 0 aromatic heterocycles. The summed E-state index contributed by atoms with van der Waals surface area (Å²) in [6, 6.07) is -0.833. The number of carboxylic acid groups (broad SMARTS) is 1. The van der Waals surface area contributed by atoms with E-state index in [1.165, 1.54) is 37.0 Å². The van der Waals surface area contributed by atoms with Crippen LogP contribution in [0.15, 0.2) is 0 Å². The van der Waals surface area contributed by atoms with Gasteiger partial charge in [0, 0.05) is 12.5 Å². The highest BCUT2D eigenvalue weighted by atomic mass is 16.4. The highest BCUT2D eigenvalue weighted by Gasteiger charge is 2.46. The van der Waals surface area contributed by atoms with Crippen molar-refractivity contribution in [3.05, 3.63) is 0 Å². The van der Waals surface area contributed by atoms with Gasteiger partial charge in [0.15, 0.2) is 0 Å². The predicted molar refractivity (Wildman–Crippen MR) is 108 cm³/mol. The van der Waals surface area contributed by atoms with Gasteiger partial charge in [0.1, 0.15) is 6.04 Å². The molecule has 158 valence electrons. The first-order valence-corrected chi connectivity index (χ1v) is 11.6. The second kappa shape index (κ2) is 9.89. The van der Waals surface area contributed by atoms with Crippen molar-refractivity contribution in [2.24, 2.45) is 23.7 Å². The normalized spacial score (nSPS) is 28.7. The molecule has 3 fully saturated rings. The first-order valence-electron chi connectivity index (χ1n) is 11.6. The molecule has 28 heavy (non-hydrogen) atoms. The minimum atomic E-state index is -0.927. The Hall–Kier alpha value is -1.39. The van der Waals surface area contributed by atoms with Crippen molar-refractivity contribution in [3.8, 4) is 0 Å². The van der Waals surface area contributed by atoms with E-state index < -0.39 is 17.9 Å². The smallest absolute Gasteiger partial charge is 0.326 e. The summed E-state index contributed by atoms with van der Waals surface area (Å²) in [6.45, 7) is 2.57. The number of hydrogen-bond acceptors (Lipinski definition) is 3. The SMILES string of the molecule is CCC(C1CCCCC1)C1CCCN(C(=O)C(=O)C2CCCCC2)C1C(=O)O. The van der Waals surface area contributed by atoms with Gasteiger partial charge in [-0.3, -0.25) is 9.59 Å². The molecule has 0 spiro atoms. The number of carboxylic acids is 1. The average Bonchev–Trinajstić information content (AvgIpc) is 2.74. The minimum absolute atomic E-state index is 0.0255. The van der Waals surface area contributed by atoms with Crippen LogP contribution in [-0.4, -0.2) is 40.3 Å². The molecule has 2 saturated carbocycles. The summed E-state index contributed by atoms with van der Waals surface area (Å²) >= 11 is 0. The Balaban J connectivity index is 1.77. The number of rotatable bonds is 6. The Morgan fingerprint density at radius 3 is 2.07 bits per heavy atom. The van der Waals surface area contributed by atoms with E-state index in [0.29, 0.717) is 18.4 Å². The van der Waals surface area contributed by atoms with Crippen molar-refractivity contribution in [3.63, 3.8) is 0 Å². The van der Waals surface area contributed by atoms with Crippen LogP contribution in [0, 0.1) is 23.7 Å². The Bertz CT molecular complexity index is 563. The number of hydrogen-bond donors (Lipinski definition) is 1. The number of carbonyl (C=O) groups is 3. The van der Waals surface area contributed by atoms with Crippen LogP contribution in [0.1, 0.15) is 90.4 Å². The molecule has 5 nitrogen and oxygen atoms in total. The molecule has 0 bridgehead atoms. The van der Waals surface area contributed by atoms with E-state index in [1.807, 2.05) is 0 Å². The van der Waals surface area contributed by atoms with Gasteiger partial charge in [0.05, 0.1) is 0 Å². The van der Waals surface area contributed by atoms with E-state index in [-0.39, 0.29) is 17.6 Å². The fourth-order valence-electron chi connectivity index (χ4n) is 6.25. The Kier molecular flexibility index (Phi) is 7.53. The third kappa shape index (κ3) is 4.60. The largest absolute Gasteiger partial charge is 0.480 e. The topological polar surface area (TPSA) is 74.7 Å². The number of Topliss-reactive ketones (excluding diaryl/α,β-unsaturated/α-hetero) is 1. The summed E-state index contributed by atoms with van der Waals surface area (Å²) in [5.74, 6) is -1.11. The van der Waals surface area contributed by atoms with Crippen molar-refractivity contribution in [2.45, 2.75) is 96.4 Å². The highest BCUT2D eigenvalue weighted by Crippen LogP contribution is 2.42. The fraction of sp³-hybridized carbons (Fsp3) is 0.870. The number of aliphatic carboxylic acids is 1. The van der Waals surface area contributed by atoms with Crippen LogP contribution >= 0.6 is 0 Å². The number of amides is 1. The number of carbonyl (C=O) groups excluding carboxylic acids is 2. The first kappa shape index (κ1) is 21.3. The van der Waals surface area contributed by atoms with Gasteiger partial charge in [-0.05, 0) is 43.4 Å². The van der Waals surface area contributed by atoms with Crippen molar-refractivity contribution >= 4 is 17.7 Å². The van der Waals surface area contributed by atoms with E-state index in [0.717, 1.165) is 51.4 Å². The lowest BCUT2D eigenvalue weighted by Crippen LogP contribution is -2.57. The van der Waals surface area contributed by atoms with Gasteiger partial charge < -0.3 is 10.0 Å². The summed E-state index contributed by atoms with van der Waals surface area (Å²) in [5, 5.41) is 10.1. The molecule has 2 aliphatic carbocycles. The lowest BCUT2D eigenvalue weighted by Gasteiger charge is -2.45. The second-order valence-electron chi connectivity index (χ2n) is 9.26. The maximum Gasteiger partial charge on any atom is 0.326 e. The zero-order valence-electron chi connectivity index (χ0n) is 17.4. The predicted octanol–water partition coefficient (Wildman–Crippen LogP) is 4.43. The van der Waals surface area contributed by atoms with Crippen molar-refractivity contribution in [2.75, 3.05) is 6.54 Å². The van der Waals surface area contributed by atoms with E-state index >= 15 is 0 Å². The van der Waals surface area contributed by atoms with Crippen LogP contribution in [0.4, 0.5) is 0 Å².